The van der Waals surface area contributed by atoms with Gasteiger partial charge >= 0.3 is 0 Å². The molecule has 258 valence electrons. The molecule has 2 unspecified atom stereocenters. The van der Waals surface area contributed by atoms with Crippen LogP contribution in [0, 0.1) is 5.92 Å². The number of amides is 4. The first-order chi connectivity index (χ1) is 23.3. The number of benzene rings is 2. The highest BCUT2D eigenvalue weighted by molar-refractivity contribution is 8.78. The largest absolute Gasteiger partial charge is 0.394 e. The summed E-state index contributed by atoms with van der Waals surface area (Å²) in [5.74, 6) is -2.59. The first kappa shape index (κ1) is 31.4. The fraction of sp³-hybridized carbons (Fsp3) is 0.515. The molecule has 16 heteroatoms. The fourth-order valence-electron chi connectivity index (χ4n) is 10.5. The lowest BCUT2D eigenvalue weighted by Crippen LogP contribution is -2.79. The third kappa shape index (κ3) is 2.79. The summed E-state index contributed by atoms with van der Waals surface area (Å²) in [6, 6.07) is 13.0. The third-order valence-corrected chi connectivity index (χ3v) is 16.4. The molecule has 6 saturated heterocycles. The van der Waals surface area contributed by atoms with Gasteiger partial charge in [-0.25, -0.2) is 0 Å². The molecule has 2 aromatic carbocycles. The van der Waals surface area contributed by atoms with E-state index in [0.29, 0.717) is 22.5 Å². The van der Waals surface area contributed by atoms with Crippen molar-refractivity contribution in [2.24, 2.45) is 5.92 Å². The number of rotatable bonds is 4. The highest BCUT2D eigenvalue weighted by atomic mass is 33.1. The van der Waals surface area contributed by atoms with Crippen molar-refractivity contribution in [3.8, 4) is 0 Å². The number of fused-ring (bicyclic) bond motifs is 11. The number of ether oxygens (including phenoxy) is 1. The minimum Gasteiger partial charge on any atom is -0.394 e. The molecule has 8 heterocycles. The number of nitrogens with zero attached hydrogens (tertiary/aromatic N) is 4. The third-order valence-electron chi connectivity index (χ3n) is 12.5. The minimum absolute atomic E-state index is 0.315. The van der Waals surface area contributed by atoms with Crippen LogP contribution in [0.5, 0.6) is 0 Å². The predicted octanol–water partition coefficient (Wildman–Crippen LogP) is -0.137. The molecule has 8 aliphatic rings. The van der Waals surface area contributed by atoms with Crippen molar-refractivity contribution in [1.82, 2.24) is 19.6 Å². The molecule has 0 aromatic heterocycles. The molecule has 14 nitrogen and oxygen atoms in total. The molecule has 0 radical (unpaired) electrons. The predicted molar refractivity (Wildman–Crippen MR) is 178 cm³/mol. The van der Waals surface area contributed by atoms with Crippen LogP contribution in [0.3, 0.4) is 0 Å². The van der Waals surface area contributed by atoms with Crippen LogP contribution in [0.1, 0.15) is 25.0 Å². The second kappa shape index (κ2) is 9.41. The van der Waals surface area contributed by atoms with Crippen LogP contribution >= 0.6 is 21.6 Å². The standard InChI is InChI=1S/C33H36N6O8S2/c1-15(2)32-28(46)39-25-30(17-11-7-9-13-19(17)35-25,23(43)33(39,49-48-32)27(45)37(32)4)29-16-10-6-8-12-18(16)34-24(29)38-21(41)20(14-40)36(3)26(44)31(38,47-5)22(29)42/h6-13,15,20,22-25,34-35,40,42-43H,14H2,1-5H3/t20-,22-,23-,24-,25+,29?,30?,31-,32+,33-/m0/s1. The maximum atomic E-state index is 15.1. The number of aliphatic hydroxyl groups is 3. The molecule has 8 aliphatic heterocycles. The lowest BCUT2D eigenvalue weighted by molar-refractivity contribution is -0.218. The highest BCUT2D eigenvalue weighted by Crippen LogP contribution is 2.76. The van der Waals surface area contributed by atoms with Gasteiger partial charge in [0.25, 0.3) is 29.4 Å². The number of para-hydroxylation sites is 2. The summed E-state index contributed by atoms with van der Waals surface area (Å²) < 4.78 is 6.03. The second-order valence-corrected chi connectivity index (χ2v) is 16.8. The smallest absolute Gasteiger partial charge is 0.279 e. The first-order valence-electron chi connectivity index (χ1n) is 16.2. The summed E-state index contributed by atoms with van der Waals surface area (Å²) >= 11 is 0. The quantitative estimate of drug-likeness (QED) is 0.267. The van der Waals surface area contributed by atoms with Crippen LogP contribution in [0.15, 0.2) is 48.5 Å². The maximum Gasteiger partial charge on any atom is 0.279 e. The van der Waals surface area contributed by atoms with E-state index in [2.05, 4.69) is 10.6 Å². The molecular formula is C33H36N6O8S2. The Morgan fingerprint density at radius 3 is 1.92 bits per heavy atom. The van der Waals surface area contributed by atoms with E-state index in [1.807, 2.05) is 19.9 Å². The van der Waals surface area contributed by atoms with Crippen molar-refractivity contribution in [1.29, 1.82) is 0 Å². The number of carbonyl (C=O) groups is 4. The van der Waals surface area contributed by atoms with Crippen LogP contribution in [0.25, 0.3) is 0 Å². The van der Waals surface area contributed by atoms with E-state index >= 15 is 4.79 Å². The number of carbonyl (C=O) groups excluding carboxylic acids is 4. The number of methoxy groups -OCH3 is 1. The molecule has 5 N–H and O–H groups in total. The Morgan fingerprint density at radius 1 is 0.816 bits per heavy atom. The molecule has 1 spiro atoms. The number of nitrogens with one attached hydrogen (secondary N) is 2. The molecule has 0 saturated carbocycles. The Hall–Kier alpha value is -3.54. The Labute approximate surface area is 289 Å². The molecular weight excluding hydrogens is 673 g/mol. The van der Waals surface area contributed by atoms with Gasteiger partial charge in [0.2, 0.25) is 4.87 Å². The summed E-state index contributed by atoms with van der Waals surface area (Å²) in [6.45, 7) is 3.07. The van der Waals surface area contributed by atoms with Crippen molar-refractivity contribution >= 4 is 56.6 Å². The summed E-state index contributed by atoms with van der Waals surface area (Å²) in [4.78, 5) is 61.0. The summed E-state index contributed by atoms with van der Waals surface area (Å²) in [7, 11) is 6.58. The van der Waals surface area contributed by atoms with Gasteiger partial charge in [-0.05, 0) is 40.0 Å². The zero-order chi connectivity index (χ0) is 34.8. The van der Waals surface area contributed by atoms with Gasteiger partial charge in [0.1, 0.15) is 30.6 Å². The van der Waals surface area contributed by atoms with Crippen molar-refractivity contribution in [2.45, 2.75) is 70.7 Å². The molecule has 10 rings (SSSR count). The number of anilines is 2. The Kier molecular flexibility index (Phi) is 6.04. The monoisotopic (exact) mass is 708 g/mol. The molecule has 10 atom stereocenters. The molecule has 6 fully saturated rings. The zero-order valence-electron chi connectivity index (χ0n) is 27.3. The van der Waals surface area contributed by atoms with E-state index in [-0.39, 0.29) is 11.8 Å². The number of hydrogen-bond acceptors (Lipinski definition) is 12. The molecule has 2 aromatic rings. The fourth-order valence-corrected chi connectivity index (χ4v) is 14.7. The van der Waals surface area contributed by atoms with Crippen molar-refractivity contribution in [3.63, 3.8) is 0 Å². The zero-order valence-corrected chi connectivity index (χ0v) is 28.9. The summed E-state index contributed by atoms with van der Waals surface area (Å²) in [6.07, 6.45) is -5.95. The van der Waals surface area contributed by atoms with Gasteiger partial charge in [-0.2, -0.15) is 0 Å². The van der Waals surface area contributed by atoms with E-state index in [9.17, 15) is 29.7 Å². The van der Waals surface area contributed by atoms with Gasteiger partial charge in [-0.15, -0.1) is 0 Å². The Bertz CT molecular complexity index is 1900. The van der Waals surface area contributed by atoms with Crippen molar-refractivity contribution in [3.05, 3.63) is 59.7 Å². The lowest BCUT2D eigenvalue weighted by atomic mass is 9.51. The van der Waals surface area contributed by atoms with Crippen LogP contribution in [-0.4, -0.2) is 132 Å². The first-order valence-corrected chi connectivity index (χ1v) is 18.3. The van der Waals surface area contributed by atoms with Crippen molar-refractivity contribution < 1.29 is 39.2 Å². The maximum absolute atomic E-state index is 15.1. The van der Waals surface area contributed by atoms with E-state index in [4.69, 9.17) is 4.74 Å². The van der Waals surface area contributed by atoms with Crippen molar-refractivity contribution in [2.75, 3.05) is 38.4 Å². The minimum atomic E-state index is -2.32. The van der Waals surface area contributed by atoms with E-state index in [1.54, 1.807) is 49.5 Å². The van der Waals surface area contributed by atoms with E-state index in [1.165, 1.54) is 39.7 Å². The number of likely N-dealkylation sites (N-methyl/N-ethyl adjacent to an activating group) is 2. The Balaban J connectivity index is 1.42. The van der Waals surface area contributed by atoms with Crippen LogP contribution in [-0.2, 0) is 34.7 Å². The van der Waals surface area contributed by atoms with Gasteiger partial charge in [0, 0.05) is 32.6 Å². The van der Waals surface area contributed by atoms with Crippen LogP contribution in [0.2, 0.25) is 0 Å². The highest BCUT2D eigenvalue weighted by Gasteiger charge is 2.92. The summed E-state index contributed by atoms with van der Waals surface area (Å²) in [5, 5.41) is 43.9. The van der Waals surface area contributed by atoms with E-state index in [0.717, 1.165) is 15.7 Å². The topological polar surface area (TPSA) is 175 Å². The van der Waals surface area contributed by atoms with Crippen LogP contribution in [0.4, 0.5) is 11.4 Å². The summed E-state index contributed by atoms with van der Waals surface area (Å²) in [5.41, 5.74) is -3.85. The Morgan fingerprint density at radius 2 is 1.37 bits per heavy atom. The number of piperazine rings is 2. The normalized spacial score (nSPS) is 42.6. The molecule has 4 amide bonds. The number of aliphatic hydroxyl groups excluding tert-OH is 3. The average Bonchev–Trinajstić information content (AvgIpc) is 3.74. The molecule has 2 bridgehead atoms. The molecule has 0 aliphatic carbocycles. The van der Waals surface area contributed by atoms with Gasteiger partial charge in [-0.3, -0.25) is 29.0 Å². The average molecular weight is 709 g/mol. The van der Waals surface area contributed by atoms with Crippen LogP contribution < -0.4 is 10.6 Å². The van der Waals surface area contributed by atoms with Gasteiger partial charge < -0.3 is 40.5 Å². The SMILES string of the molecule is CO[C@@]12C(=O)N(C)[C@@H](CO)C(=O)N1[C@@H]1Nc3ccccc3C1(C13c4ccccc4N[C@@H]1N1C(=O)[C@@]4(C(C)C)SS[C@]1(C(=O)N4C)[C@H]3O)[C@@H]2O. The second-order valence-electron chi connectivity index (χ2n) is 14.2. The molecule has 49 heavy (non-hydrogen) atoms. The van der Waals surface area contributed by atoms with Gasteiger partial charge in [0.05, 0.1) is 17.4 Å². The number of hydrogen-bond donors (Lipinski definition) is 5. The van der Waals surface area contributed by atoms with E-state index < -0.39 is 81.2 Å². The van der Waals surface area contributed by atoms with Gasteiger partial charge in [-0.1, -0.05) is 61.0 Å². The lowest BCUT2D eigenvalue weighted by Gasteiger charge is -2.60. The van der Waals surface area contributed by atoms with Gasteiger partial charge in [0.15, 0.2) is 4.87 Å².